The molecule has 5 fully saturated rings. The van der Waals surface area contributed by atoms with Crippen molar-refractivity contribution in [2.75, 3.05) is 13.2 Å². The Kier molecular flexibility index (Phi) is 4.37. The molecule has 4 saturated carbocycles. The van der Waals surface area contributed by atoms with Crippen LogP contribution in [-0.4, -0.2) is 36.0 Å². The van der Waals surface area contributed by atoms with Gasteiger partial charge in [-0.05, 0) is 80.0 Å². The summed E-state index contributed by atoms with van der Waals surface area (Å²) in [7, 11) is 0. The topological polar surface area (TPSA) is 55.8 Å². The van der Waals surface area contributed by atoms with Crippen molar-refractivity contribution in [1.82, 2.24) is 0 Å². The molecule has 4 heteroatoms. The van der Waals surface area contributed by atoms with E-state index >= 15 is 0 Å². The molecule has 1 aliphatic heterocycles. The van der Waals surface area contributed by atoms with Gasteiger partial charge in [0.1, 0.15) is 5.78 Å². The zero-order valence-corrected chi connectivity index (χ0v) is 18.1. The quantitative estimate of drug-likeness (QED) is 0.729. The van der Waals surface area contributed by atoms with E-state index in [0.717, 1.165) is 25.7 Å². The van der Waals surface area contributed by atoms with Gasteiger partial charge in [0.2, 0.25) is 0 Å². The van der Waals surface area contributed by atoms with Crippen LogP contribution in [0.1, 0.15) is 72.6 Å². The van der Waals surface area contributed by atoms with Gasteiger partial charge in [0.05, 0.1) is 19.3 Å². The summed E-state index contributed by atoms with van der Waals surface area (Å²) in [5.74, 6) is 2.40. The smallest absolute Gasteiger partial charge is 0.169 e. The van der Waals surface area contributed by atoms with Gasteiger partial charge in [-0.3, -0.25) is 4.79 Å². The summed E-state index contributed by atoms with van der Waals surface area (Å²) in [4.78, 5) is 13.7. The van der Waals surface area contributed by atoms with E-state index in [0.29, 0.717) is 55.0 Å². The molecule has 0 radical (unpaired) electrons. The number of hydrogen-bond acceptors (Lipinski definition) is 4. The highest BCUT2D eigenvalue weighted by Gasteiger charge is 2.66. The summed E-state index contributed by atoms with van der Waals surface area (Å²) in [6, 6.07) is 0. The highest BCUT2D eigenvalue weighted by molar-refractivity contribution is 5.84. The van der Waals surface area contributed by atoms with Crippen LogP contribution >= 0.6 is 0 Å². The van der Waals surface area contributed by atoms with Crippen molar-refractivity contribution in [3.05, 3.63) is 0 Å². The SMILES string of the molecule is C[C@H]1C[C@@]2(C)[C@@H](CC[C@H]3[C@@H]4CC[C@H](C5(C)OCCO5)[C@@]4(C)CC(=O)[C@@H]32)C[C@@H]1O. The molecule has 5 aliphatic rings. The number of ether oxygens (including phenoxy) is 2. The monoisotopic (exact) mass is 390 g/mol. The third-order valence-corrected chi connectivity index (χ3v) is 10.2. The van der Waals surface area contributed by atoms with Crippen molar-refractivity contribution in [3.63, 3.8) is 0 Å². The van der Waals surface area contributed by atoms with Crippen molar-refractivity contribution in [2.24, 2.45) is 46.3 Å². The summed E-state index contributed by atoms with van der Waals surface area (Å²) in [5, 5.41) is 10.5. The van der Waals surface area contributed by atoms with Crippen molar-refractivity contribution in [2.45, 2.75) is 84.5 Å². The number of ketones is 1. The van der Waals surface area contributed by atoms with E-state index in [-0.39, 0.29) is 22.9 Å². The summed E-state index contributed by atoms with van der Waals surface area (Å²) in [6.07, 6.45) is 7.04. The average molecular weight is 391 g/mol. The molecule has 0 amide bonds. The molecule has 0 spiro atoms. The molecular weight excluding hydrogens is 352 g/mol. The lowest BCUT2D eigenvalue weighted by Crippen LogP contribution is -2.60. The van der Waals surface area contributed by atoms with E-state index in [1.165, 1.54) is 12.8 Å². The van der Waals surface area contributed by atoms with Crippen LogP contribution in [-0.2, 0) is 14.3 Å². The van der Waals surface area contributed by atoms with Crippen molar-refractivity contribution >= 4 is 5.78 Å². The van der Waals surface area contributed by atoms with Crippen molar-refractivity contribution in [1.29, 1.82) is 0 Å². The van der Waals surface area contributed by atoms with Gasteiger partial charge in [-0.25, -0.2) is 0 Å². The van der Waals surface area contributed by atoms with Crippen molar-refractivity contribution in [3.8, 4) is 0 Å². The van der Waals surface area contributed by atoms with Gasteiger partial charge in [-0.15, -0.1) is 0 Å². The first-order valence-electron chi connectivity index (χ1n) is 11.7. The number of Topliss-reactive ketones (excluding diaryl/α,β-unsaturated/α-hetero) is 1. The highest BCUT2D eigenvalue weighted by Crippen LogP contribution is 2.68. The number of carbonyl (C=O) groups excluding carboxylic acids is 1. The predicted molar refractivity (Wildman–Crippen MR) is 106 cm³/mol. The fourth-order valence-corrected chi connectivity index (χ4v) is 9.01. The molecule has 158 valence electrons. The number of carbonyl (C=O) groups is 1. The molecule has 0 unspecified atom stereocenters. The minimum atomic E-state index is -0.513. The Balaban J connectivity index is 1.47. The molecule has 1 saturated heterocycles. The first-order chi connectivity index (χ1) is 13.2. The standard InChI is InChI=1S/C24H38O4/c1-14-12-22(2)15(11-18(14)25)5-6-16-17-7-8-20(24(4)27-9-10-28-24)23(17,3)13-19(26)21(16)22/h14-18,20-21,25H,5-13H2,1-4H3/t14-,15-,16-,17-,18-,20-,21+,22-,23-/m0/s1. The Morgan fingerprint density at radius 2 is 1.71 bits per heavy atom. The molecule has 1 heterocycles. The molecule has 0 aromatic carbocycles. The fourth-order valence-electron chi connectivity index (χ4n) is 9.01. The molecule has 0 aromatic heterocycles. The summed E-state index contributed by atoms with van der Waals surface area (Å²) in [6.45, 7) is 10.4. The van der Waals surface area contributed by atoms with Crippen LogP contribution in [0.5, 0.6) is 0 Å². The Morgan fingerprint density at radius 1 is 1.00 bits per heavy atom. The number of aliphatic hydroxyl groups excluding tert-OH is 1. The van der Waals surface area contributed by atoms with E-state index in [2.05, 4.69) is 27.7 Å². The first-order valence-corrected chi connectivity index (χ1v) is 11.7. The van der Waals surface area contributed by atoms with E-state index < -0.39 is 5.79 Å². The number of aliphatic hydroxyl groups is 1. The van der Waals surface area contributed by atoms with Gasteiger partial charge in [0.25, 0.3) is 0 Å². The second-order valence-corrected chi connectivity index (χ2v) is 11.5. The van der Waals surface area contributed by atoms with Crippen LogP contribution in [0, 0.1) is 46.3 Å². The van der Waals surface area contributed by atoms with E-state index in [4.69, 9.17) is 9.47 Å². The highest BCUT2D eigenvalue weighted by atomic mass is 16.7. The normalized spacial score (nSPS) is 55.5. The van der Waals surface area contributed by atoms with Crippen LogP contribution in [0.2, 0.25) is 0 Å². The number of fused-ring (bicyclic) bond motifs is 5. The second-order valence-electron chi connectivity index (χ2n) is 11.5. The molecule has 9 atom stereocenters. The maximum Gasteiger partial charge on any atom is 0.169 e. The molecule has 4 nitrogen and oxygen atoms in total. The Labute approximate surface area is 169 Å². The van der Waals surface area contributed by atoms with Gasteiger partial charge >= 0.3 is 0 Å². The molecule has 4 aliphatic carbocycles. The minimum Gasteiger partial charge on any atom is -0.393 e. The lowest BCUT2D eigenvalue weighted by molar-refractivity contribution is -0.217. The maximum atomic E-state index is 13.7. The maximum absolute atomic E-state index is 13.7. The van der Waals surface area contributed by atoms with Crippen LogP contribution < -0.4 is 0 Å². The van der Waals surface area contributed by atoms with Crippen LogP contribution in [0.3, 0.4) is 0 Å². The third-order valence-electron chi connectivity index (χ3n) is 10.2. The van der Waals surface area contributed by atoms with Gasteiger partial charge in [0, 0.05) is 18.3 Å². The third kappa shape index (κ3) is 2.50. The first kappa shape index (κ1) is 19.5. The van der Waals surface area contributed by atoms with Gasteiger partial charge in [-0.1, -0.05) is 20.8 Å². The second kappa shape index (κ2) is 6.28. The molecule has 0 aromatic rings. The van der Waals surface area contributed by atoms with Crippen LogP contribution in [0.15, 0.2) is 0 Å². The van der Waals surface area contributed by atoms with Crippen LogP contribution in [0.4, 0.5) is 0 Å². The summed E-state index contributed by atoms with van der Waals surface area (Å²) < 4.78 is 12.2. The fraction of sp³-hybridized carbons (Fsp3) is 0.958. The van der Waals surface area contributed by atoms with E-state index in [1.807, 2.05) is 0 Å². The Bertz CT molecular complexity index is 655. The zero-order chi connectivity index (χ0) is 19.9. The van der Waals surface area contributed by atoms with Gasteiger partial charge < -0.3 is 14.6 Å². The van der Waals surface area contributed by atoms with Crippen LogP contribution in [0.25, 0.3) is 0 Å². The molecule has 0 bridgehead atoms. The molecule has 5 rings (SSSR count). The summed E-state index contributed by atoms with van der Waals surface area (Å²) in [5.41, 5.74) is 0.0721. The number of rotatable bonds is 1. The van der Waals surface area contributed by atoms with Gasteiger partial charge in [0.15, 0.2) is 5.79 Å². The lowest BCUT2D eigenvalue weighted by Gasteiger charge is -2.61. The lowest BCUT2D eigenvalue weighted by atomic mass is 9.43. The number of hydrogen-bond donors (Lipinski definition) is 1. The van der Waals surface area contributed by atoms with Gasteiger partial charge in [-0.2, -0.15) is 0 Å². The molecule has 28 heavy (non-hydrogen) atoms. The molecular formula is C24H38O4. The largest absolute Gasteiger partial charge is 0.393 e. The van der Waals surface area contributed by atoms with E-state index in [9.17, 15) is 9.90 Å². The predicted octanol–water partition coefficient (Wildman–Crippen LogP) is 4.19. The average Bonchev–Trinajstić information content (AvgIpc) is 3.19. The van der Waals surface area contributed by atoms with E-state index in [1.54, 1.807) is 0 Å². The minimum absolute atomic E-state index is 0.000331. The Morgan fingerprint density at radius 3 is 2.43 bits per heavy atom. The van der Waals surface area contributed by atoms with Crippen molar-refractivity contribution < 1.29 is 19.4 Å². The zero-order valence-electron chi connectivity index (χ0n) is 18.1. The summed E-state index contributed by atoms with van der Waals surface area (Å²) >= 11 is 0. The molecule has 1 N–H and O–H groups in total. The Hall–Kier alpha value is -0.450.